The normalized spacial score (nSPS) is 10.6. The van der Waals surface area contributed by atoms with Gasteiger partial charge in [-0.1, -0.05) is 44.6 Å². The van der Waals surface area contributed by atoms with Crippen molar-refractivity contribution < 1.29 is 31.8 Å². The molecule has 0 saturated heterocycles. The number of halogens is 1. The number of hydrogen-bond acceptors (Lipinski definition) is 2. The van der Waals surface area contributed by atoms with E-state index in [9.17, 15) is 0 Å². The summed E-state index contributed by atoms with van der Waals surface area (Å²) in [6.45, 7) is 1.13. The number of aliphatic hydroxyl groups is 2. The molecule has 0 spiro atoms. The van der Waals surface area contributed by atoms with E-state index >= 15 is 0 Å². The Morgan fingerprint density at radius 3 is 1.67 bits per heavy atom. The molecule has 3 nitrogen and oxygen atoms in total. The quantitative estimate of drug-likeness (QED) is 0.318. The van der Waals surface area contributed by atoms with Gasteiger partial charge >= 0.3 is 0 Å². The second kappa shape index (κ2) is 14.5. The molecule has 1 heterocycles. The highest BCUT2D eigenvalue weighted by Gasteiger charge is 1.99. The van der Waals surface area contributed by atoms with Gasteiger partial charge in [-0.15, -0.1) is 0 Å². The van der Waals surface area contributed by atoms with Crippen LogP contribution in [0.1, 0.15) is 64.2 Å². The molecule has 1 aromatic heterocycles. The van der Waals surface area contributed by atoms with Crippen molar-refractivity contribution in [1.29, 1.82) is 0 Å². The van der Waals surface area contributed by atoms with Crippen LogP contribution in [0.15, 0.2) is 30.6 Å². The number of nitrogens with zero attached hydrogens (tertiary/aromatic N) is 1. The smallest absolute Gasteiger partial charge is 0.168 e. The number of rotatable bonds is 12. The van der Waals surface area contributed by atoms with Gasteiger partial charge in [0, 0.05) is 18.6 Å². The lowest BCUT2D eigenvalue weighted by atomic mass is 10.1. The van der Waals surface area contributed by atoms with E-state index in [0.29, 0.717) is 6.42 Å². The van der Waals surface area contributed by atoms with E-state index in [1.54, 1.807) is 0 Å². The summed E-state index contributed by atoms with van der Waals surface area (Å²) >= 11 is 0. The highest BCUT2D eigenvalue weighted by Crippen LogP contribution is 2.11. The van der Waals surface area contributed by atoms with Crippen LogP contribution in [0.2, 0.25) is 0 Å². The number of hydrogen-bond donors (Lipinski definition) is 2. The molecule has 0 aliphatic rings. The average molecular weight is 360 g/mol. The van der Waals surface area contributed by atoms with Crippen LogP contribution in [0.5, 0.6) is 0 Å². The van der Waals surface area contributed by atoms with E-state index in [0.717, 1.165) is 19.4 Å². The molecule has 0 radical (unpaired) electrons. The number of pyridine rings is 1. The predicted octanol–water partition coefficient (Wildman–Crippen LogP) is 0.190. The highest BCUT2D eigenvalue weighted by molar-refractivity contribution is 4.83. The summed E-state index contributed by atoms with van der Waals surface area (Å²) in [5.74, 6) is 0. The first-order valence-corrected chi connectivity index (χ1v) is 8.09. The first kappa shape index (κ1) is 20.6. The lowest BCUT2D eigenvalue weighted by Gasteiger charge is -2.03. The SMILES string of the molecule is OC(O)CCCCCCCCCCC[n+]1ccccc1.[Br-]. The van der Waals surface area contributed by atoms with Gasteiger partial charge in [0.25, 0.3) is 0 Å². The van der Waals surface area contributed by atoms with Crippen LogP contribution < -0.4 is 21.5 Å². The van der Waals surface area contributed by atoms with E-state index in [1.807, 2.05) is 0 Å². The Morgan fingerprint density at radius 1 is 0.667 bits per heavy atom. The number of aryl methyl sites for hydroxylation is 1. The van der Waals surface area contributed by atoms with Crippen molar-refractivity contribution >= 4 is 0 Å². The lowest BCUT2D eigenvalue weighted by molar-refractivity contribution is -0.697. The summed E-state index contributed by atoms with van der Waals surface area (Å²) in [6.07, 6.45) is 14.8. The van der Waals surface area contributed by atoms with Gasteiger partial charge in [0.15, 0.2) is 18.7 Å². The van der Waals surface area contributed by atoms with Gasteiger partial charge in [0.2, 0.25) is 0 Å². The van der Waals surface area contributed by atoms with E-state index < -0.39 is 6.29 Å². The van der Waals surface area contributed by atoms with Crippen LogP contribution in [-0.2, 0) is 6.54 Å². The average Bonchev–Trinajstić information content (AvgIpc) is 2.45. The summed E-state index contributed by atoms with van der Waals surface area (Å²) in [4.78, 5) is 0. The molecule has 122 valence electrons. The third kappa shape index (κ3) is 13.0. The Morgan fingerprint density at radius 2 is 1.14 bits per heavy atom. The number of aromatic nitrogens is 1. The largest absolute Gasteiger partial charge is 1.00 e. The molecule has 0 aliphatic heterocycles. The molecule has 0 aromatic carbocycles. The maximum absolute atomic E-state index is 8.71. The zero-order valence-electron chi connectivity index (χ0n) is 13.0. The fourth-order valence-electron chi connectivity index (χ4n) is 2.44. The molecule has 0 aliphatic carbocycles. The zero-order chi connectivity index (χ0) is 14.5. The standard InChI is InChI=1S/C17H30NO2.BrH/c19-17(20)13-9-6-4-2-1-3-5-7-10-14-18-15-11-8-12-16-18;/h8,11-12,15-17,19-20H,1-7,9-10,13-14H2;1H/q+1;/p-1. The van der Waals surface area contributed by atoms with Crippen molar-refractivity contribution in [2.45, 2.75) is 77.0 Å². The van der Waals surface area contributed by atoms with E-state index in [-0.39, 0.29) is 17.0 Å². The molecular formula is C17H30BrNO2. The van der Waals surface area contributed by atoms with Crippen LogP contribution >= 0.6 is 0 Å². The van der Waals surface area contributed by atoms with Gasteiger partial charge < -0.3 is 27.2 Å². The monoisotopic (exact) mass is 359 g/mol. The summed E-state index contributed by atoms with van der Waals surface area (Å²) in [5.41, 5.74) is 0. The molecule has 21 heavy (non-hydrogen) atoms. The van der Waals surface area contributed by atoms with Crippen LogP contribution in [0, 0.1) is 0 Å². The fourth-order valence-corrected chi connectivity index (χ4v) is 2.44. The number of unbranched alkanes of at least 4 members (excludes halogenated alkanes) is 8. The number of aliphatic hydroxyl groups excluding tert-OH is 1. The van der Waals surface area contributed by atoms with Gasteiger partial charge in [0.1, 0.15) is 6.54 Å². The van der Waals surface area contributed by atoms with E-state index in [1.165, 1.54) is 44.9 Å². The minimum Gasteiger partial charge on any atom is -1.00 e. The van der Waals surface area contributed by atoms with Crippen molar-refractivity contribution in [3.05, 3.63) is 30.6 Å². The Balaban J connectivity index is 0.00000400. The Labute approximate surface area is 139 Å². The molecular weight excluding hydrogens is 330 g/mol. The molecule has 0 bridgehead atoms. The van der Waals surface area contributed by atoms with Gasteiger partial charge in [-0.3, -0.25) is 0 Å². The summed E-state index contributed by atoms with van der Waals surface area (Å²) in [6, 6.07) is 6.21. The van der Waals surface area contributed by atoms with Crippen molar-refractivity contribution in [3.63, 3.8) is 0 Å². The van der Waals surface area contributed by atoms with Gasteiger partial charge in [-0.05, 0) is 19.3 Å². The second-order valence-electron chi connectivity index (χ2n) is 5.56. The summed E-state index contributed by atoms with van der Waals surface area (Å²) < 4.78 is 2.25. The molecule has 1 aromatic rings. The van der Waals surface area contributed by atoms with E-state index in [4.69, 9.17) is 10.2 Å². The topological polar surface area (TPSA) is 44.3 Å². The minimum absolute atomic E-state index is 0. The predicted molar refractivity (Wildman–Crippen MR) is 81.0 cm³/mol. The van der Waals surface area contributed by atoms with Crippen molar-refractivity contribution in [2.24, 2.45) is 0 Å². The van der Waals surface area contributed by atoms with E-state index in [2.05, 4.69) is 35.2 Å². The maximum atomic E-state index is 8.71. The Kier molecular flexibility index (Phi) is 14.2. The molecule has 0 unspecified atom stereocenters. The zero-order valence-corrected chi connectivity index (χ0v) is 14.5. The van der Waals surface area contributed by atoms with Gasteiger partial charge in [0.05, 0.1) is 0 Å². The Bertz CT molecular complexity index is 320. The third-order valence-electron chi connectivity index (χ3n) is 3.66. The summed E-state index contributed by atoms with van der Waals surface area (Å²) in [7, 11) is 0. The van der Waals surface area contributed by atoms with Crippen molar-refractivity contribution in [3.8, 4) is 0 Å². The lowest BCUT2D eigenvalue weighted by Crippen LogP contribution is -3.00. The highest BCUT2D eigenvalue weighted by atomic mass is 79.9. The third-order valence-corrected chi connectivity index (χ3v) is 3.66. The van der Waals surface area contributed by atoms with Crippen molar-refractivity contribution in [1.82, 2.24) is 0 Å². The molecule has 0 atom stereocenters. The molecule has 0 amide bonds. The molecule has 0 fully saturated rings. The van der Waals surface area contributed by atoms with Gasteiger partial charge in [-0.2, -0.15) is 0 Å². The maximum Gasteiger partial charge on any atom is 0.168 e. The molecule has 0 saturated carbocycles. The first-order valence-electron chi connectivity index (χ1n) is 8.09. The first-order chi connectivity index (χ1) is 9.79. The molecule has 1 rings (SSSR count). The van der Waals surface area contributed by atoms with Crippen LogP contribution in [0.25, 0.3) is 0 Å². The van der Waals surface area contributed by atoms with Crippen molar-refractivity contribution in [2.75, 3.05) is 0 Å². The van der Waals surface area contributed by atoms with Gasteiger partial charge in [-0.25, -0.2) is 4.57 Å². The van der Waals surface area contributed by atoms with Crippen LogP contribution in [0.4, 0.5) is 0 Å². The Hall–Kier alpha value is -0.450. The molecule has 4 heteroatoms. The van der Waals surface area contributed by atoms with Crippen LogP contribution in [-0.4, -0.2) is 16.5 Å². The summed E-state index contributed by atoms with van der Waals surface area (Å²) in [5, 5.41) is 17.4. The second-order valence-corrected chi connectivity index (χ2v) is 5.56. The fraction of sp³-hybridized carbons (Fsp3) is 0.706. The molecule has 2 N–H and O–H groups in total. The minimum atomic E-state index is -1.11. The van der Waals surface area contributed by atoms with Crippen LogP contribution in [0.3, 0.4) is 0 Å².